The minimum Gasteiger partial charge on any atom is -0.456 e. The summed E-state index contributed by atoms with van der Waals surface area (Å²) in [6, 6.07) is 44.8. The minimum atomic E-state index is 0.543. The van der Waals surface area contributed by atoms with Gasteiger partial charge in [-0.2, -0.15) is 0 Å². The van der Waals surface area contributed by atoms with E-state index in [1.54, 1.807) is 0 Å². The minimum absolute atomic E-state index is 0.543. The number of furan rings is 2. The molecule has 0 atom stereocenters. The van der Waals surface area contributed by atoms with Gasteiger partial charge in [0.05, 0.1) is 10.9 Å². The molecule has 0 aliphatic carbocycles. The number of rotatable bonds is 3. The normalized spacial score (nSPS) is 11.9. The molecule has 214 valence electrons. The van der Waals surface area contributed by atoms with Gasteiger partial charge in [-0.15, -0.1) is 0 Å². The quantitative estimate of drug-likeness (QED) is 0.204. The third-order valence-electron chi connectivity index (χ3n) is 8.70. The number of pyridine rings is 1. The second kappa shape index (κ2) is 9.55. The summed E-state index contributed by atoms with van der Waals surface area (Å²) in [7, 11) is 0. The highest BCUT2D eigenvalue weighted by Crippen LogP contribution is 2.39. The van der Waals surface area contributed by atoms with Crippen molar-refractivity contribution in [3.63, 3.8) is 0 Å². The van der Waals surface area contributed by atoms with Crippen LogP contribution in [-0.4, -0.2) is 19.9 Å². The number of benzene rings is 6. The topological polar surface area (TPSA) is 77.8 Å². The van der Waals surface area contributed by atoms with Crippen LogP contribution in [0.15, 0.2) is 142 Å². The lowest BCUT2D eigenvalue weighted by Crippen LogP contribution is -2.01. The van der Waals surface area contributed by atoms with Crippen LogP contribution >= 0.6 is 0 Å². The van der Waals surface area contributed by atoms with Crippen molar-refractivity contribution in [1.82, 2.24) is 19.9 Å². The zero-order valence-corrected chi connectivity index (χ0v) is 24.3. The van der Waals surface area contributed by atoms with Crippen LogP contribution < -0.4 is 0 Å². The predicted molar refractivity (Wildman–Crippen MR) is 183 cm³/mol. The van der Waals surface area contributed by atoms with Crippen molar-refractivity contribution in [2.75, 3.05) is 0 Å². The van der Waals surface area contributed by atoms with Crippen molar-refractivity contribution in [2.24, 2.45) is 0 Å². The highest BCUT2D eigenvalue weighted by molar-refractivity contribution is 6.13. The molecule has 0 saturated heterocycles. The van der Waals surface area contributed by atoms with E-state index in [2.05, 4.69) is 42.5 Å². The maximum atomic E-state index is 6.35. The van der Waals surface area contributed by atoms with Crippen LogP contribution in [0.5, 0.6) is 0 Å². The van der Waals surface area contributed by atoms with E-state index in [1.807, 2.05) is 91.0 Å². The van der Waals surface area contributed by atoms with Crippen LogP contribution in [-0.2, 0) is 0 Å². The Bertz CT molecular complexity index is 2830. The van der Waals surface area contributed by atoms with Gasteiger partial charge in [-0.3, -0.25) is 0 Å². The maximum absolute atomic E-state index is 6.35. The van der Waals surface area contributed by atoms with Gasteiger partial charge in [-0.1, -0.05) is 97.1 Å². The highest BCUT2D eigenvalue weighted by atomic mass is 16.3. The van der Waals surface area contributed by atoms with Gasteiger partial charge in [0, 0.05) is 32.8 Å². The van der Waals surface area contributed by atoms with Gasteiger partial charge in [0.15, 0.2) is 23.1 Å². The molecular formula is C40H22N4O2. The molecule has 0 radical (unpaired) electrons. The summed E-state index contributed by atoms with van der Waals surface area (Å²) in [5.74, 6) is 1.69. The summed E-state index contributed by atoms with van der Waals surface area (Å²) in [5.41, 5.74) is 7.35. The van der Waals surface area contributed by atoms with Crippen molar-refractivity contribution in [3.8, 4) is 34.2 Å². The Balaban J connectivity index is 1.28. The summed E-state index contributed by atoms with van der Waals surface area (Å²) < 4.78 is 12.6. The fourth-order valence-electron chi connectivity index (χ4n) is 6.55. The second-order valence-electron chi connectivity index (χ2n) is 11.5. The molecule has 6 aromatic carbocycles. The average molecular weight is 591 g/mol. The first-order valence-electron chi connectivity index (χ1n) is 15.1. The van der Waals surface area contributed by atoms with E-state index in [4.69, 9.17) is 28.8 Å². The van der Waals surface area contributed by atoms with Crippen LogP contribution in [0.1, 0.15) is 0 Å². The zero-order valence-electron chi connectivity index (χ0n) is 24.3. The van der Waals surface area contributed by atoms with E-state index in [0.29, 0.717) is 17.5 Å². The third-order valence-corrected chi connectivity index (χ3v) is 8.70. The van der Waals surface area contributed by atoms with Gasteiger partial charge in [-0.05, 0) is 47.2 Å². The molecule has 0 amide bonds. The zero-order chi connectivity index (χ0) is 30.2. The van der Waals surface area contributed by atoms with Gasteiger partial charge in [0.25, 0.3) is 0 Å². The third kappa shape index (κ3) is 3.77. The first kappa shape index (κ1) is 25.0. The first-order valence-corrected chi connectivity index (χ1v) is 15.1. The number of hydrogen-bond donors (Lipinski definition) is 0. The second-order valence-corrected chi connectivity index (χ2v) is 11.5. The molecule has 0 aliphatic heterocycles. The molecular weight excluding hydrogens is 568 g/mol. The van der Waals surface area contributed by atoms with Gasteiger partial charge in [0.1, 0.15) is 22.3 Å². The smallest absolute Gasteiger partial charge is 0.164 e. The van der Waals surface area contributed by atoms with Crippen LogP contribution in [0.2, 0.25) is 0 Å². The fraction of sp³-hybridized carbons (Fsp3) is 0. The van der Waals surface area contributed by atoms with E-state index in [9.17, 15) is 0 Å². The highest BCUT2D eigenvalue weighted by Gasteiger charge is 2.21. The van der Waals surface area contributed by atoms with Crippen molar-refractivity contribution >= 4 is 65.7 Å². The lowest BCUT2D eigenvalue weighted by atomic mass is 10.0. The number of fused-ring (bicyclic) bond motifs is 8. The summed E-state index contributed by atoms with van der Waals surface area (Å²) >= 11 is 0. The van der Waals surface area contributed by atoms with Crippen molar-refractivity contribution in [1.29, 1.82) is 0 Å². The van der Waals surface area contributed by atoms with Crippen LogP contribution in [0.4, 0.5) is 0 Å². The molecule has 10 aromatic rings. The molecule has 6 nitrogen and oxygen atoms in total. The molecule has 0 unspecified atom stereocenters. The van der Waals surface area contributed by atoms with Gasteiger partial charge >= 0.3 is 0 Å². The maximum Gasteiger partial charge on any atom is 0.164 e. The van der Waals surface area contributed by atoms with Gasteiger partial charge in [-0.25, -0.2) is 19.9 Å². The molecule has 0 N–H and O–H groups in total. The molecule has 6 heteroatoms. The molecule has 0 saturated carbocycles. The molecule has 46 heavy (non-hydrogen) atoms. The largest absolute Gasteiger partial charge is 0.456 e. The summed E-state index contributed by atoms with van der Waals surface area (Å²) in [6.07, 6.45) is 0. The average Bonchev–Trinajstić information content (AvgIpc) is 3.68. The first-order chi connectivity index (χ1) is 22.8. The molecule has 10 rings (SSSR count). The van der Waals surface area contributed by atoms with Crippen molar-refractivity contribution in [3.05, 3.63) is 133 Å². The van der Waals surface area contributed by atoms with Crippen LogP contribution in [0.25, 0.3) is 99.8 Å². The Morgan fingerprint density at radius 1 is 0.391 bits per heavy atom. The SMILES string of the molecule is c1ccc2cc(-c3nc(-c4cccc5oc6ccccc6c45)nc(-c4cccc5oc6cc7ccccc7nc6c45)n3)ccc2c1. The Morgan fingerprint density at radius 2 is 1.02 bits per heavy atom. The summed E-state index contributed by atoms with van der Waals surface area (Å²) in [6.45, 7) is 0. The van der Waals surface area contributed by atoms with E-state index in [-0.39, 0.29) is 0 Å². The fourth-order valence-corrected chi connectivity index (χ4v) is 6.55. The Labute approximate surface area is 261 Å². The number of para-hydroxylation sites is 2. The van der Waals surface area contributed by atoms with Crippen molar-refractivity contribution < 1.29 is 8.83 Å². The lowest BCUT2D eigenvalue weighted by molar-refractivity contribution is 0.668. The Morgan fingerprint density at radius 3 is 1.87 bits per heavy atom. The Kier molecular flexibility index (Phi) is 5.19. The molecule has 0 bridgehead atoms. The van der Waals surface area contributed by atoms with E-state index in [0.717, 1.165) is 82.4 Å². The number of hydrogen-bond acceptors (Lipinski definition) is 6. The summed E-state index contributed by atoms with van der Waals surface area (Å²) in [5, 5.41) is 6.16. The van der Waals surface area contributed by atoms with E-state index >= 15 is 0 Å². The lowest BCUT2D eigenvalue weighted by Gasteiger charge is -2.10. The molecule has 4 aromatic heterocycles. The van der Waals surface area contributed by atoms with Gasteiger partial charge in [0.2, 0.25) is 0 Å². The number of aromatic nitrogens is 4. The predicted octanol–water partition coefficient (Wildman–Crippen LogP) is 10.4. The van der Waals surface area contributed by atoms with Gasteiger partial charge < -0.3 is 8.83 Å². The van der Waals surface area contributed by atoms with Crippen LogP contribution in [0.3, 0.4) is 0 Å². The van der Waals surface area contributed by atoms with E-state index in [1.165, 1.54) is 0 Å². The van der Waals surface area contributed by atoms with Crippen molar-refractivity contribution in [2.45, 2.75) is 0 Å². The molecule has 0 fully saturated rings. The van der Waals surface area contributed by atoms with E-state index < -0.39 is 0 Å². The molecule has 0 spiro atoms. The standard InChI is InChI=1S/C40H22N4O2/c1-2-10-24-21-26(20-19-23(24)9-1)38-42-39(28-13-7-17-32-35(28)27-12-4-6-16-31(27)45-32)44-40(43-38)29-14-8-18-33-36(29)37-34(46-33)22-25-11-3-5-15-30(25)41-37/h1-22H. The summed E-state index contributed by atoms with van der Waals surface area (Å²) in [4.78, 5) is 20.4. The van der Waals surface area contributed by atoms with Crippen LogP contribution in [0, 0.1) is 0 Å². The molecule has 0 aliphatic rings. The molecule has 4 heterocycles. The number of nitrogens with zero attached hydrogens (tertiary/aromatic N) is 4. The Hall–Kier alpha value is -6.40. The monoisotopic (exact) mass is 590 g/mol.